The van der Waals surface area contributed by atoms with E-state index >= 15 is 0 Å². The summed E-state index contributed by atoms with van der Waals surface area (Å²) in [6.45, 7) is 3.72. The monoisotopic (exact) mass is 262 g/mol. The fourth-order valence-corrected chi connectivity index (χ4v) is 2.89. The van der Waals surface area contributed by atoms with Gasteiger partial charge in [0.15, 0.2) is 0 Å². The summed E-state index contributed by atoms with van der Waals surface area (Å²) in [4.78, 5) is 1.07. The molecule has 0 aromatic heterocycles. The fourth-order valence-electron chi connectivity index (χ4n) is 2.10. The molecule has 18 heavy (non-hydrogen) atoms. The van der Waals surface area contributed by atoms with Crippen LogP contribution in [-0.4, -0.2) is 25.0 Å². The zero-order valence-electron chi connectivity index (χ0n) is 10.6. The molecule has 3 nitrogen and oxygen atoms in total. The van der Waals surface area contributed by atoms with Crippen molar-refractivity contribution in [3.05, 3.63) is 23.8 Å². The Labute approximate surface area is 113 Å². The van der Waals surface area contributed by atoms with E-state index in [-0.39, 0.29) is 0 Å². The summed E-state index contributed by atoms with van der Waals surface area (Å²) >= 11 is 1.72. The molecule has 0 aliphatic carbocycles. The molecule has 0 unspecified atom stereocenters. The van der Waals surface area contributed by atoms with Gasteiger partial charge in [-0.05, 0) is 30.7 Å². The van der Waals surface area contributed by atoms with Crippen molar-refractivity contribution in [1.82, 2.24) is 0 Å². The molecule has 1 saturated heterocycles. The van der Waals surface area contributed by atoms with Gasteiger partial charge in [0.05, 0.1) is 11.3 Å². The first kappa shape index (κ1) is 13.3. The van der Waals surface area contributed by atoms with Crippen LogP contribution in [0.1, 0.15) is 25.3 Å². The standard InChI is InChI=1S/C14H18N2OS/c1-2-18-14-5-3-4-13(12(14)10-15)16-11-6-8-17-9-7-11/h3-5,11,16H,2,6-9H2,1H3. The fraction of sp³-hybridized carbons (Fsp3) is 0.500. The first-order valence-electron chi connectivity index (χ1n) is 6.35. The van der Waals surface area contributed by atoms with Gasteiger partial charge in [-0.2, -0.15) is 5.26 Å². The molecular formula is C14H18N2OS. The number of nitriles is 1. The molecule has 96 valence electrons. The van der Waals surface area contributed by atoms with Crippen LogP contribution in [0.15, 0.2) is 23.1 Å². The van der Waals surface area contributed by atoms with Crippen LogP contribution in [0.3, 0.4) is 0 Å². The molecule has 1 N–H and O–H groups in total. The molecule has 0 spiro atoms. The van der Waals surface area contributed by atoms with Crippen LogP contribution in [0.25, 0.3) is 0 Å². The van der Waals surface area contributed by atoms with E-state index in [1.54, 1.807) is 11.8 Å². The van der Waals surface area contributed by atoms with Gasteiger partial charge in [0.1, 0.15) is 6.07 Å². The molecular weight excluding hydrogens is 244 g/mol. The number of nitrogens with one attached hydrogen (secondary N) is 1. The first-order chi connectivity index (χ1) is 8.85. The van der Waals surface area contributed by atoms with Crippen LogP contribution >= 0.6 is 11.8 Å². The van der Waals surface area contributed by atoms with Crippen molar-refractivity contribution < 1.29 is 4.74 Å². The number of ether oxygens (including phenoxy) is 1. The van der Waals surface area contributed by atoms with Crippen molar-refractivity contribution in [2.45, 2.75) is 30.7 Å². The van der Waals surface area contributed by atoms with E-state index in [2.05, 4.69) is 18.3 Å². The minimum absolute atomic E-state index is 0.424. The summed E-state index contributed by atoms with van der Waals surface area (Å²) in [6, 6.07) is 8.77. The van der Waals surface area contributed by atoms with Crippen molar-refractivity contribution in [1.29, 1.82) is 5.26 Å². The van der Waals surface area contributed by atoms with E-state index in [1.807, 2.05) is 18.2 Å². The Bertz CT molecular complexity index is 436. The molecule has 1 fully saturated rings. The minimum Gasteiger partial charge on any atom is -0.381 e. The SMILES string of the molecule is CCSc1cccc(NC2CCOCC2)c1C#N. The Morgan fingerprint density at radius 1 is 1.44 bits per heavy atom. The molecule has 1 heterocycles. The van der Waals surface area contributed by atoms with Gasteiger partial charge in [-0.15, -0.1) is 11.8 Å². The molecule has 4 heteroatoms. The number of benzene rings is 1. The van der Waals surface area contributed by atoms with Crippen LogP contribution in [0, 0.1) is 11.3 Å². The molecule has 2 rings (SSSR count). The lowest BCUT2D eigenvalue weighted by Gasteiger charge is -2.25. The van der Waals surface area contributed by atoms with Gasteiger partial charge < -0.3 is 10.1 Å². The number of hydrogen-bond donors (Lipinski definition) is 1. The predicted molar refractivity (Wildman–Crippen MR) is 75.0 cm³/mol. The molecule has 1 aromatic rings. The summed E-state index contributed by atoms with van der Waals surface area (Å²) in [5.41, 5.74) is 1.73. The van der Waals surface area contributed by atoms with Gasteiger partial charge in [-0.25, -0.2) is 0 Å². The second-order valence-electron chi connectivity index (χ2n) is 4.25. The molecule has 1 aliphatic heterocycles. The molecule has 0 atom stereocenters. The van der Waals surface area contributed by atoms with Crippen LogP contribution in [0.4, 0.5) is 5.69 Å². The minimum atomic E-state index is 0.424. The Morgan fingerprint density at radius 2 is 2.22 bits per heavy atom. The van der Waals surface area contributed by atoms with E-state index in [1.165, 1.54) is 0 Å². The third-order valence-electron chi connectivity index (χ3n) is 3.02. The maximum Gasteiger partial charge on any atom is 0.102 e. The van der Waals surface area contributed by atoms with E-state index in [4.69, 9.17) is 4.74 Å². The van der Waals surface area contributed by atoms with Crippen LogP contribution in [0.2, 0.25) is 0 Å². The topological polar surface area (TPSA) is 45.0 Å². The highest BCUT2D eigenvalue weighted by molar-refractivity contribution is 7.99. The second-order valence-corrected chi connectivity index (χ2v) is 5.56. The summed E-state index contributed by atoms with van der Waals surface area (Å²) in [6.07, 6.45) is 2.02. The highest BCUT2D eigenvalue weighted by Gasteiger charge is 2.16. The largest absolute Gasteiger partial charge is 0.381 e. The molecule has 0 radical (unpaired) electrons. The lowest BCUT2D eigenvalue weighted by atomic mass is 10.1. The molecule has 0 saturated carbocycles. The van der Waals surface area contributed by atoms with Crippen molar-refractivity contribution in [3.63, 3.8) is 0 Å². The van der Waals surface area contributed by atoms with Crippen molar-refractivity contribution >= 4 is 17.4 Å². The van der Waals surface area contributed by atoms with Crippen molar-refractivity contribution in [3.8, 4) is 6.07 Å². The summed E-state index contributed by atoms with van der Waals surface area (Å²) in [7, 11) is 0. The summed E-state index contributed by atoms with van der Waals surface area (Å²) < 4.78 is 5.35. The molecule has 1 aliphatic rings. The van der Waals surface area contributed by atoms with E-state index in [0.717, 1.165) is 48.0 Å². The Hall–Kier alpha value is -1.18. The Balaban J connectivity index is 2.16. The maximum atomic E-state index is 9.33. The lowest BCUT2D eigenvalue weighted by molar-refractivity contribution is 0.0904. The predicted octanol–water partition coefficient (Wildman–Crippen LogP) is 3.26. The second kappa shape index (κ2) is 6.67. The van der Waals surface area contributed by atoms with Gasteiger partial charge in [-0.3, -0.25) is 0 Å². The first-order valence-corrected chi connectivity index (χ1v) is 7.34. The number of nitrogens with zero attached hydrogens (tertiary/aromatic N) is 1. The number of rotatable bonds is 4. The van der Waals surface area contributed by atoms with Gasteiger partial charge in [0.2, 0.25) is 0 Å². The lowest BCUT2D eigenvalue weighted by Crippen LogP contribution is -2.28. The molecule has 0 amide bonds. The van der Waals surface area contributed by atoms with E-state index < -0.39 is 0 Å². The third kappa shape index (κ3) is 3.18. The zero-order chi connectivity index (χ0) is 12.8. The normalized spacial score (nSPS) is 16.2. The third-order valence-corrected chi connectivity index (χ3v) is 3.96. The molecule has 1 aromatic carbocycles. The highest BCUT2D eigenvalue weighted by atomic mass is 32.2. The van der Waals surface area contributed by atoms with E-state index in [9.17, 15) is 5.26 Å². The van der Waals surface area contributed by atoms with Crippen LogP contribution in [0.5, 0.6) is 0 Å². The maximum absolute atomic E-state index is 9.33. The Kier molecular flexibility index (Phi) is 4.91. The van der Waals surface area contributed by atoms with Gasteiger partial charge in [0.25, 0.3) is 0 Å². The molecule has 0 bridgehead atoms. The van der Waals surface area contributed by atoms with Gasteiger partial charge in [0, 0.05) is 24.2 Å². The highest BCUT2D eigenvalue weighted by Crippen LogP contribution is 2.29. The van der Waals surface area contributed by atoms with Crippen LogP contribution < -0.4 is 5.32 Å². The summed E-state index contributed by atoms with van der Waals surface area (Å²) in [5.74, 6) is 0.982. The van der Waals surface area contributed by atoms with Gasteiger partial charge in [-0.1, -0.05) is 13.0 Å². The van der Waals surface area contributed by atoms with Gasteiger partial charge >= 0.3 is 0 Å². The number of thioether (sulfide) groups is 1. The Morgan fingerprint density at radius 3 is 2.89 bits per heavy atom. The zero-order valence-corrected chi connectivity index (χ0v) is 11.4. The number of hydrogen-bond acceptors (Lipinski definition) is 4. The average molecular weight is 262 g/mol. The average Bonchev–Trinajstić information content (AvgIpc) is 2.41. The number of anilines is 1. The van der Waals surface area contributed by atoms with Crippen molar-refractivity contribution in [2.75, 3.05) is 24.3 Å². The van der Waals surface area contributed by atoms with Crippen molar-refractivity contribution in [2.24, 2.45) is 0 Å². The van der Waals surface area contributed by atoms with E-state index in [0.29, 0.717) is 6.04 Å². The summed E-state index contributed by atoms with van der Waals surface area (Å²) in [5, 5.41) is 12.8. The van der Waals surface area contributed by atoms with Crippen LogP contribution in [-0.2, 0) is 4.74 Å². The quantitative estimate of drug-likeness (QED) is 0.846. The smallest absolute Gasteiger partial charge is 0.102 e.